The molecule has 21 heavy (non-hydrogen) atoms. The van der Waals surface area contributed by atoms with Crippen molar-refractivity contribution < 1.29 is 9.53 Å². The van der Waals surface area contributed by atoms with Gasteiger partial charge in [0.15, 0.2) is 5.16 Å². The number of ether oxygens (including phenoxy) is 1. The van der Waals surface area contributed by atoms with Gasteiger partial charge in [0.05, 0.1) is 18.6 Å². The predicted octanol–water partition coefficient (Wildman–Crippen LogP) is 2.69. The number of aromatic nitrogens is 3. The monoisotopic (exact) mass is 326 g/mol. The highest BCUT2D eigenvalue weighted by molar-refractivity contribution is 7.99. The van der Waals surface area contributed by atoms with Crippen LogP contribution in [-0.4, -0.2) is 33.5 Å². The lowest BCUT2D eigenvalue weighted by Gasteiger charge is -2.10. The number of carbonyl (C=O) groups excluding carboxylic acids is 1. The largest absolute Gasteiger partial charge is 0.495 e. The van der Waals surface area contributed by atoms with Gasteiger partial charge in [-0.25, -0.2) is 0 Å². The third kappa shape index (κ3) is 4.12. The van der Waals surface area contributed by atoms with E-state index in [1.807, 2.05) is 11.5 Å². The summed E-state index contributed by atoms with van der Waals surface area (Å²) in [6, 6.07) is 5.06. The maximum absolute atomic E-state index is 12.0. The molecule has 0 radical (unpaired) electrons. The molecule has 8 heteroatoms. The lowest BCUT2D eigenvalue weighted by Crippen LogP contribution is -2.15. The number of benzene rings is 1. The van der Waals surface area contributed by atoms with Gasteiger partial charge in [-0.3, -0.25) is 4.79 Å². The first-order valence-electron chi connectivity index (χ1n) is 6.28. The molecule has 2 rings (SSSR count). The van der Waals surface area contributed by atoms with Crippen LogP contribution in [0.3, 0.4) is 0 Å². The van der Waals surface area contributed by atoms with Crippen LogP contribution in [0.1, 0.15) is 6.92 Å². The summed E-state index contributed by atoms with van der Waals surface area (Å²) in [6.07, 6.45) is 1.64. The van der Waals surface area contributed by atoms with E-state index in [9.17, 15) is 4.79 Å². The summed E-state index contributed by atoms with van der Waals surface area (Å²) in [6.45, 7) is 2.75. The van der Waals surface area contributed by atoms with Crippen LogP contribution in [0.2, 0.25) is 5.02 Å². The maximum Gasteiger partial charge on any atom is 0.234 e. The van der Waals surface area contributed by atoms with Crippen molar-refractivity contribution in [1.29, 1.82) is 0 Å². The quantitative estimate of drug-likeness (QED) is 0.826. The van der Waals surface area contributed by atoms with Crippen LogP contribution in [0.4, 0.5) is 5.69 Å². The number of amides is 1. The van der Waals surface area contributed by atoms with E-state index in [0.717, 1.165) is 6.54 Å². The van der Waals surface area contributed by atoms with E-state index in [4.69, 9.17) is 16.3 Å². The molecule has 0 fully saturated rings. The zero-order valence-corrected chi connectivity index (χ0v) is 13.2. The maximum atomic E-state index is 12.0. The van der Waals surface area contributed by atoms with Gasteiger partial charge in [-0.1, -0.05) is 23.4 Å². The molecular formula is C13H15ClN4O2S. The Hall–Kier alpha value is -1.73. The van der Waals surface area contributed by atoms with E-state index >= 15 is 0 Å². The van der Waals surface area contributed by atoms with Crippen molar-refractivity contribution in [1.82, 2.24) is 14.8 Å². The van der Waals surface area contributed by atoms with Crippen LogP contribution in [0.25, 0.3) is 0 Å². The Balaban J connectivity index is 1.97. The predicted molar refractivity (Wildman–Crippen MR) is 83.1 cm³/mol. The normalized spacial score (nSPS) is 10.4. The molecule has 0 unspecified atom stereocenters. The number of thioether (sulfide) groups is 1. The first-order chi connectivity index (χ1) is 10.1. The van der Waals surface area contributed by atoms with Crippen LogP contribution in [0.5, 0.6) is 5.75 Å². The van der Waals surface area contributed by atoms with Crippen LogP contribution in [-0.2, 0) is 11.3 Å². The Morgan fingerprint density at radius 3 is 3.05 bits per heavy atom. The molecular weight excluding hydrogens is 312 g/mol. The molecule has 0 atom stereocenters. The zero-order chi connectivity index (χ0) is 15.2. The second-order valence-corrected chi connectivity index (χ2v) is 5.46. The SMILES string of the molecule is CCn1cnnc1SCC(=O)Nc1cc(Cl)ccc1OC. The molecule has 1 aromatic carbocycles. The molecule has 112 valence electrons. The zero-order valence-electron chi connectivity index (χ0n) is 11.7. The van der Waals surface area contributed by atoms with Gasteiger partial charge in [-0.15, -0.1) is 10.2 Å². The minimum absolute atomic E-state index is 0.161. The van der Waals surface area contributed by atoms with Gasteiger partial charge >= 0.3 is 0 Å². The Labute approximate surface area is 131 Å². The van der Waals surface area contributed by atoms with Crippen LogP contribution < -0.4 is 10.1 Å². The minimum Gasteiger partial charge on any atom is -0.495 e. The fourth-order valence-electron chi connectivity index (χ4n) is 1.67. The Morgan fingerprint density at radius 1 is 1.52 bits per heavy atom. The highest BCUT2D eigenvalue weighted by Crippen LogP contribution is 2.28. The minimum atomic E-state index is -0.161. The molecule has 0 aliphatic rings. The molecule has 2 aromatic rings. The van der Waals surface area contributed by atoms with Gasteiger partial charge in [0, 0.05) is 11.6 Å². The van der Waals surface area contributed by atoms with Gasteiger partial charge in [0.2, 0.25) is 5.91 Å². The number of nitrogens with zero attached hydrogens (tertiary/aromatic N) is 3. The highest BCUT2D eigenvalue weighted by Gasteiger charge is 2.11. The fourth-order valence-corrected chi connectivity index (χ4v) is 2.62. The van der Waals surface area contributed by atoms with E-state index in [1.165, 1.54) is 18.9 Å². The van der Waals surface area contributed by atoms with Gasteiger partial charge in [0.1, 0.15) is 12.1 Å². The van der Waals surface area contributed by atoms with E-state index in [0.29, 0.717) is 21.6 Å². The number of rotatable bonds is 6. The number of hydrogen-bond donors (Lipinski definition) is 1. The number of methoxy groups -OCH3 is 1. The summed E-state index contributed by atoms with van der Waals surface area (Å²) in [7, 11) is 1.54. The highest BCUT2D eigenvalue weighted by atomic mass is 35.5. The van der Waals surface area contributed by atoms with Crippen LogP contribution >= 0.6 is 23.4 Å². The van der Waals surface area contributed by atoms with Crippen molar-refractivity contribution in [2.45, 2.75) is 18.6 Å². The summed E-state index contributed by atoms with van der Waals surface area (Å²) in [4.78, 5) is 12.0. The summed E-state index contributed by atoms with van der Waals surface area (Å²) in [5.74, 6) is 0.634. The molecule has 0 aliphatic heterocycles. The molecule has 0 bridgehead atoms. The number of hydrogen-bond acceptors (Lipinski definition) is 5. The van der Waals surface area contributed by atoms with Gasteiger partial charge in [-0.05, 0) is 25.1 Å². The number of carbonyl (C=O) groups is 1. The first kappa shape index (κ1) is 15.7. The number of anilines is 1. The van der Waals surface area contributed by atoms with E-state index in [-0.39, 0.29) is 11.7 Å². The smallest absolute Gasteiger partial charge is 0.234 e. The van der Waals surface area contributed by atoms with Crippen molar-refractivity contribution >= 4 is 35.0 Å². The Morgan fingerprint density at radius 2 is 2.33 bits per heavy atom. The fraction of sp³-hybridized carbons (Fsp3) is 0.308. The Bertz CT molecular complexity index is 632. The van der Waals surface area contributed by atoms with Crippen molar-refractivity contribution in [2.24, 2.45) is 0 Å². The van der Waals surface area contributed by atoms with Crippen molar-refractivity contribution in [2.75, 3.05) is 18.2 Å². The number of nitrogens with one attached hydrogen (secondary N) is 1. The van der Waals surface area contributed by atoms with Gasteiger partial charge < -0.3 is 14.6 Å². The lowest BCUT2D eigenvalue weighted by molar-refractivity contribution is -0.113. The second-order valence-electron chi connectivity index (χ2n) is 4.08. The molecule has 0 saturated heterocycles. The molecule has 1 N–H and O–H groups in total. The van der Waals surface area contributed by atoms with E-state index in [2.05, 4.69) is 15.5 Å². The third-order valence-corrected chi connectivity index (χ3v) is 3.90. The summed E-state index contributed by atoms with van der Waals surface area (Å²) < 4.78 is 7.05. The summed E-state index contributed by atoms with van der Waals surface area (Å²) in [5.41, 5.74) is 0.549. The molecule has 1 amide bonds. The third-order valence-electron chi connectivity index (χ3n) is 2.69. The first-order valence-corrected chi connectivity index (χ1v) is 7.64. The molecule has 0 saturated carbocycles. The topological polar surface area (TPSA) is 69.0 Å². The second kappa shape index (κ2) is 7.33. The van der Waals surface area contributed by atoms with Crippen molar-refractivity contribution in [3.63, 3.8) is 0 Å². The van der Waals surface area contributed by atoms with Gasteiger partial charge in [-0.2, -0.15) is 0 Å². The molecule has 0 spiro atoms. The molecule has 1 aromatic heterocycles. The van der Waals surface area contributed by atoms with E-state index < -0.39 is 0 Å². The Kier molecular flexibility index (Phi) is 5.46. The van der Waals surface area contributed by atoms with Crippen LogP contribution in [0, 0.1) is 0 Å². The van der Waals surface area contributed by atoms with Crippen molar-refractivity contribution in [3.8, 4) is 5.75 Å². The average Bonchev–Trinajstić information content (AvgIpc) is 2.93. The number of halogens is 1. The lowest BCUT2D eigenvalue weighted by atomic mass is 10.3. The average molecular weight is 327 g/mol. The standard InChI is InChI=1S/C13H15ClN4O2S/c1-3-18-8-15-17-13(18)21-7-12(19)16-10-6-9(14)4-5-11(10)20-2/h4-6,8H,3,7H2,1-2H3,(H,16,19). The van der Waals surface area contributed by atoms with Gasteiger partial charge in [0.25, 0.3) is 0 Å². The summed E-state index contributed by atoms with van der Waals surface area (Å²) in [5, 5.41) is 11.8. The summed E-state index contributed by atoms with van der Waals surface area (Å²) >= 11 is 7.25. The molecule has 6 nitrogen and oxygen atoms in total. The molecule has 1 heterocycles. The van der Waals surface area contributed by atoms with E-state index in [1.54, 1.807) is 24.5 Å². The number of aryl methyl sites for hydroxylation is 1. The van der Waals surface area contributed by atoms with Crippen LogP contribution in [0.15, 0.2) is 29.7 Å². The molecule has 0 aliphatic carbocycles. The van der Waals surface area contributed by atoms with Crippen molar-refractivity contribution in [3.05, 3.63) is 29.5 Å².